The van der Waals surface area contributed by atoms with Gasteiger partial charge in [0.15, 0.2) is 0 Å². The van der Waals surface area contributed by atoms with Crippen molar-refractivity contribution in [1.82, 2.24) is 5.01 Å². The molecule has 0 aliphatic heterocycles. The van der Waals surface area contributed by atoms with Gasteiger partial charge >= 0.3 is 0 Å². The SMILES string of the molecule is C=C(C)/C(C)=N\N(C)C. The maximum atomic E-state index is 4.13. The molecule has 0 N–H and O–H groups in total. The highest BCUT2D eigenvalue weighted by molar-refractivity contribution is 5.96. The molecule has 0 amide bonds. The van der Waals surface area contributed by atoms with Crippen LogP contribution in [-0.4, -0.2) is 24.8 Å². The molecule has 2 nitrogen and oxygen atoms in total. The number of hydrogen-bond donors (Lipinski definition) is 0. The summed E-state index contributed by atoms with van der Waals surface area (Å²) < 4.78 is 0. The van der Waals surface area contributed by atoms with Crippen molar-refractivity contribution < 1.29 is 0 Å². The minimum absolute atomic E-state index is 0.986. The molecule has 0 spiro atoms. The second kappa shape index (κ2) is 3.28. The Hall–Kier alpha value is -0.790. The molecule has 0 bridgehead atoms. The largest absolute Gasteiger partial charge is 0.303 e. The van der Waals surface area contributed by atoms with Crippen LogP contribution in [0.2, 0.25) is 0 Å². The fourth-order valence-electron chi connectivity index (χ4n) is 0.385. The summed E-state index contributed by atoms with van der Waals surface area (Å²) in [7, 11) is 3.79. The minimum atomic E-state index is 0.986. The van der Waals surface area contributed by atoms with Gasteiger partial charge in [0.25, 0.3) is 0 Å². The van der Waals surface area contributed by atoms with Gasteiger partial charge in [0.1, 0.15) is 0 Å². The molecule has 0 radical (unpaired) electrons. The van der Waals surface area contributed by atoms with Crippen LogP contribution in [0.3, 0.4) is 0 Å². The Balaban J connectivity index is 4.00. The number of nitrogens with zero attached hydrogens (tertiary/aromatic N) is 2. The van der Waals surface area contributed by atoms with Gasteiger partial charge in [0, 0.05) is 14.1 Å². The van der Waals surface area contributed by atoms with Crippen molar-refractivity contribution in [3.05, 3.63) is 12.2 Å². The van der Waals surface area contributed by atoms with Crippen LogP contribution in [-0.2, 0) is 0 Å². The lowest BCUT2D eigenvalue weighted by Crippen LogP contribution is -2.06. The average molecular weight is 126 g/mol. The summed E-state index contributed by atoms with van der Waals surface area (Å²) in [6, 6.07) is 0. The summed E-state index contributed by atoms with van der Waals surface area (Å²) in [6.45, 7) is 7.64. The van der Waals surface area contributed by atoms with Crippen LogP contribution in [0, 0.1) is 0 Å². The van der Waals surface area contributed by atoms with E-state index in [9.17, 15) is 0 Å². The molecule has 0 aliphatic carbocycles. The molecule has 0 saturated carbocycles. The quantitative estimate of drug-likeness (QED) is 0.404. The first-order chi connectivity index (χ1) is 4.04. The lowest BCUT2D eigenvalue weighted by atomic mass is 10.2. The van der Waals surface area contributed by atoms with E-state index in [0.29, 0.717) is 0 Å². The average Bonchev–Trinajstić information content (AvgIpc) is 1.63. The van der Waals surface area contributed by atoms with Gasteiger partial charge in [-0.05, 0) is 19.4 Å². The zero-order chi connectivity index (χ0) is 7.44. The molecule has 0 aromatic rings. The zero-order valence-corrected chi connectivity index (χ0v) is 6.60. The molecule has 0 unspecified atom stereocenters. The van der Waals surface area contributed by atoms with Gasteiger partial charge in [-0.1, -0.05) is 6.58 Å². The van der Waals surface area contributed by atoms with Gasteiger partial charge < -0.3 is 5.01 Å². The molecule has 0 aromatic heterocycles. The van der Waals surface area contributed by atoms with Crippen LogP contribution in [0.25, 0.3) is 0 Å². The molecule has 0 heterocycles. The third-order valence-electron chi connectivity index (χ3n) is 0.968. The molecule has 0 fully saturated rings. The third kappa shape index (κ3) is 3.76. The molecule has 0 saturated heterocycles. The lowest BCUT2D eigenvalue weighted by molar-refractivity contribution is 0.437. The van der Waals surface area contributed by atoms with Crippen molar-refractivity contribution in [2.24, 2.45) is 5.10 Å². The van der Waals surface area contributed by atoms with Crippen LogP contribution in [0.15, 0.2) is 17.3 Å². The van der Waals surface area contributed by atoms with Gasteiger partial charge in [-0.25, -0.2) is 0 Å². The molecular formula is C7H14N2. The number of rotatable bonds is 2. The monoisotopic (exact) mass is 126 g/mol. The zero-order valence-electron chi connectivity index (χ0n) is 6.60. The molecule has 0 rings (SSSR count). The number of allylic oxidation sites excluding steroid dienone is 1. The molecule has 2 heteroatoms. The van der Waals surface area contributed by atoms with Gasteiger partial charge in [-0.15, -0.1) is 0 Å². The first kappa shape index (κ1) is 8.21. The van der Waals surface area contributed by atoms with E-state index in [2.05, 4.69) is 11.7 Å². The van der Waals surface area contributed by atoms with Gasteiger partial charge in [-0.3, -0.25) is 0 Å². The molecule has 0 aromatic carbocycles. The Kier molecular flexibility index (Phi) is 2.99. The second-order valence-electron chi connectivity index (χ2n) is 2.31. The summed E-state index contributed by atoms with van der Waals surface area (Å²) in [5.74, 6) is 0. The van der Waals surface area contributed by atoms with E-state index in [0.717, 1.165) is 11.3 Å². The van der Waals surface area contributed by atoms with Crippen molar-refractivity contribution in [2.75, 3.05) is 14.1 Å². The highest BCUT2D eigenvalue weighted by Gasteiger charge is 1.89. The van der Waals surface area contributed by atoms with Crippen molar-refractivity contribution >= 4 is 5.71 Å². The van der Waals surface area contributed by atoms with E-state index >= 15 is 0 Å². The smallest absolute Gasteiger partial charge is 0.0597 e. The summed E-state index contributed by atoms with van der Waals surface area (Å²) in [6.07, 6.45) is 0. The summed E-state index contributed by atoms with van der Waals surface area (Å²) in [5.41, 5.74) is 2.00. The Morgan fingerprint density at radius 2 is 1.78 bits per heavy atom. The highest BCUT2D eigenvalue weighted by Crippen LogP contribution is 1.92. The van der Waals surface area contributed by atoms with Gasteiger partial charge in [0.2, 0.25) is 0 Å². The Labute approximate surface area is 56.9 Å². The summed E-state index contributed by atoms with van der Waals surface area (Å²) in [4.78, 5) is 0. The first-order valence-electron chi connectivity index (χ1n) is 2.92. The highest BCUT2D eigenvalue weighted by atomic mass is 15.4. The Morgan fingerprint density at radius 1 is 1.33 bits per heavy atom. The molecule has 9 heavy (non-hydrogen) atoms. The number of hydrazone groups is 1. The van der Waals surface area contributed by atoms with Crippen LogP contribution >= 0.6 is 0 Å². The van der Waals surface area contributed by atoms with Crippen molar-refractivity contribution in [1.29, 1.82) is 0 Å². The summed E-state index contributed by atoms with van der Waals surface area (Å²) in [5, 5.41) is 5.90. The maximum absolute atomic E-state index is 4.13. The molecule has 0 atom stereocenters. The van der Waals surface area contributed by atoms with Crippen LogP contribution in [0.1, 0.15) is 13.8 Å². The standard InChI is InChI=1S/C7H14N2/c1-6(2)7(3)8-9(4)5/h1H2,2-5H3/b8-7-. The van der Waals surface area contributed by atoms with E-state index in [-0.39, 0.29) is 0 Å². The number of hydrogen-bond acceptors (Lipinski definition) is 2. The van der Waals surface area contributed by atoms with Gasteiger partial charge in [-0.2, -0.15) is 5.10 Å². The van der Waals surface area contributed by atoms with Gasteiger partial charge in [0.05, 0.1) is 5.71 Å². The molecule has 52 valence electrons. The fourth-order valence-corrected chi connectivity index (χ4v) is 0.385. The van der Waals surface area contributed by atoms with Crippen molar-refractivity contribution in [3.8, 4) is 0 Å². The minimum Gasteiger partial charge on any atom is -0.303 e. The maximum Gasteiger partial charge on any atom is 0.0597 e. The second-order valence-corrected chi connectivity index (χ2v) is 2.31. The lowest BCUT2D eigenvalue weighted by Gasteiger charge is -2.05. The predicted molar refractivity (Wildman–Crippen MR) is 41.6 cm³/mol. The predicted octanol–water partition coefficient (Wildman–Crippen LogP) is 1.50. The van der Waals surface area contributed by atoms with Crippen LogP contribution in [0.4, 0.5) is 0 Å². The van der Waals surface area contributed by atoms with Crippen LogP contribution < -0.4 is 0 Å². The Morgan fingerprint density at radius 3 is 1.89 bits per heavy atom. The topological polar surface area (TPSA) is 15.6 Å². The van der Waals surface area contributed by atoms with E-state index in [4.69, 9.17) is 0 Å². The molecular weight excluding hydrogens is 112 g/mol. The van der Waals surface area contributed by atoms with Crippen molar-refractivity contribution in [3.63, 3.8) is 0 Å². The van der Waals surface area contributed by atoms with E-state index in [1.807, 2.05) is 27.9 Å². The van der Waals surface area contributed by atoms with E-state index in [1.54, 1.807) is 5.01 Å². The third-order valence-corrected chi connectivity index (χ3v) is 0.968. The molecule has 0 aliphatic rings. The van der Waals surface area contributed by atoms with E-state index < -0.39 is 0 Å². The van der Waals surface area contributed by atoms with E-state index in [1.165, 1.54) is 0 Å². The fraction of sp³-hybridized carbons (Fsp3) is 0.571. The first-order valence-corrected chi connectivity index (χ1v) is 2.92. The van der Waals surface area contributed by atoms with Crippen molar-refractivity contribution in [2.45, 2.75) is 13.8 Å². The van der Waals surface area contributed by atoms with Crippen LogP contribution in [0.5, 0.6) is 0 Å². The summed E-state index contributed by atoms with van der Waals surface area (Å²) >= 11 is 0. The Bertz CT molecular complexity index is 134. The normalized spacial score (nSPS) is 11.3.